The van der Waals surface area contributed by atoms with Crippen LogP contribution in [-0.4, -0.2) is 33.9 Å². The molecule has 2 aromatic carbocycles. The van der Waals surface area contributed by atoms with Crippen molar-refractivity contribution >= 4 is 34.5 Å². The summed E-state index contributed by atoms with van der Waals surface area (Å²) in [5.41, 5.74) is 4.79. The number of nitrogens with zero attached hydrogens (tertiary/aromatic N) is 3. The van der Waals surface area contributed by atoms with Crippen LogP contribution in [0.15, 0.2) is 66.9 Å². The molecule has 2 aromatic heterocycles. The highest BCUT2D eigenvalue weighted by molar-refractivity contribution is 7.15. The average molecular weight is 499 g/mol. The molecule has 182 valence electrons. The summed E-state index contributed by atoms with van der Waals surface area (Å²) in [5, 5.41) is 3.74. The lowest BCUT2D eigenvalue weighted by Crippen LogP contribution is -2.52. The van der Waals surface area contributed by atoms with Gasteiger partial charge in [0.25, 0.3) is 5.91 Å². The van der Waals surface area contributed by atoms with Gasteiger partial charge in [0.2, 0.25) is 5.91 Å². The van der Waals surface area contributed by atoms with Crippen molar-refractivity contribution in [2.75, 3.05) is 10.2 Å². The van der Waals surface area contributed by atoms with E-state index in [0.29, 0.717) is 17.1 Å². The number of amides is 2. The lowest BCUT2D eigenvalue weighted by molar-refractivity contribution is -0.128. The van der Waals surface area contributed by atoms with E-state index in [9.17, 15) is 9.59 Å². The number of hydrogen-bond donors (Lipinski definition) is 1. The van der Waals surface area contributed by atoms with Gasteiger partial charge in [0.05, 0.1) is 17.1 Å². The zero-order chi connectivity index (χ0) is 25.4. The fraction of sp³-hybridized carbons (Fsp3) is 0.214. The topological polar surface area (TPSA) is 84.4 Å². The van der Waals surface area contributed by atoms with Crippen molar-refractivity contribution in [2.24, 2.45) is 0 Å². The lowest BCUT2D eigenvalue weighted by Gasteiger charge is -2.36. The number of thiazole rings is 1. The molecule has 0 spiro atoms. The van der Waals surface area contributed by atoms with Gasteiger partial charge in [-0.15, -0.1) is 11.3 Å². The van der Waals surface area contributed by atoms with Gasteiger partial charge in [-0.2, -0.15) is 0 Å². The molecule has 2 atom stereocenters. The van der Waals surface area contributed by atoms with E-state index >= 15 is 0 Å². The molecule has 0 saturated carbocycles. The van der Waals surface area contributed by atoms with Crippen LogP contribution in [-0.2, 0) is 9.59 Å². The van der Waals surface area contributed by atoms with E-state index in [1.807, 2.05) is 74.5 Å². The smallest absolute Gasteiger partial charge is 0.268 e. The number of carbonyl (C=O) groups is 2. The van der Waals surface area contributed by atoms with E-state index < -0.39 is 12.1 Å². The summed E-state index contributed by atoms with van der Waals surface area (Å²) in [4.78, 5) is 38.2. The first kappa shape index (κ1) is 23.7. The molecule has 0 aliphatic carbocycles. The Kier molecular flexibility index (Phi) is 6.28. The minimum Gasteiger partial charge on any atom is -0.479 e. The monoisotopic (exact) mass is 498 g/mol. The number of ether oxygens (including phenoxy) is 1. The van der Waals surface area contributed by atoms with Crippen LogP contribution in [0.1, 0.15) is 24.3 Å². The van der Waals surface area contributed by atoms with Crippen LogP contribution in [0, 0.1) is 13.8 Å². The second-order valence-corrected chi connectivity index (χ2v) is 10.0. The fourth-order valence-corrected chi connectivity index (χ4v) is 5.08. The molecule has 1 aliphatic heterocycles. The van der Waals surface area contributed by atoms with Crippen molar-refractivity contribution in [1.82, 2.24) is 9.97 Å². The molecule has 8 heteroatoms. The molecule has 1 N–H and O–H groups in total. The first-order valence-corrected chi connectivity index (χ1v) is 12.5. The van der Waals surface area contributed by atoms with Crippen LogP contribution in [0.4, 0.5) is 11.4 Å². The van der Waals surface area contributed by atoms with Gasteiger partial charge in [0.1, 0.15) is 16.8 Å². The molecular formula is C28H26N4O3S. The lowest BCUT2D eigenvalue weighted by atomic mass is 10.1. The minimum absolute atomic E-state index is 0.268. The summed E-state index contributed by atoms with van der Waals surface area (Å²) in [7, 11) is 0. The molecule has 0 bridgehead atoms. The first-order chi connectivity index (χ1) is 17.3. The Bertz CT molecular complexity index is 1430. The van der Waals surface area contributed by atoms with E-state index in [2.05, 4.69) is 10.3 Å². The normalized spacial score (nSPS) is 15.7. The Morgan fingerprint density at radius 3 is 2.61 bits per heavy atom. The third-order valence-corrected chi connectivity index (χ3v) is 7.14. The van der Waals surface area contributed by atoms with Crippen molar-refractivity contribution in [2.45, 2.75) is 39.8 Å². The summed E-state index contributed by atoms with van der Waals surface area (Å²) in [6.45, 7) is 7.42. The van der Waals surface area contributed by atoms with Gasteiger partial charge in [-0.05, 0) is 70.2 Å². The van der Waals surface area contributed by atoms with Gasteiger partial charge in [-0.25, -0.2) is 4.98 Å². The summed E-state index contributed by atoms with van der Waals surface area (Å²) in [6.07, 6.45) is 1.05. The van der Waals surface area contributed by atoms with Gasteiger partial charge in [-0.1, -0.05) is 23.8 Å². The van der Waals surface area contributed by atoms with Crippen molar-refractivity contribution < 1.29 is 14.3 Å². The Balaban J connectivity index is 1.49. The van der Waals surface area contributed by atoms with Gasteiger partial charge in [0, 0.05) is 22.3 Å². The third kappa shape index (κ3) is 4.47. The fourth-order valence-electron chi connectivity index (χ4n) is 4.17. The highest BCUT2D eigenvalue weighted by Crippen LogP contribution is 2.40. The van der Waals surface area contributed by atoms with Crippen LogP contribution >= 0.6 is 11.3 Å². The van der Waals surface area contributed by atoms with E-state index in [1.165, 1.54) is 4.90 Å². The van der Waals surface area contributed by atoms with Crippen molar-refractivity contribution in [3.63, 3.8) is 0 Å². The number of rotatable bonds is 5. The van der Waals surface area contributed by atoms with Gasteiger partial charge in [-0.3, -0.25) is 19.5 Å². The van der Waals surface area contributed by atoms with Crippen LogP contribution < -0.4 is 15.0 Å². The zero-order valence-corrected chi connectivity index (χ0v) is 21.3. The second kappa shape index (κ2) is 9.54. The van der Waals surface area contributed by atoms with Gasteiger partial charge < -0.3 is 10.1 Å². The Morgan fingerprint density at radius 2 is 1.89 bits per heavy atom. The number of nitrogens with one attached hydrogen (secondary N) is 1. The molecular weight excluding hydrogens is 472 g/mol. The van der Waals surface area contributed by atoms with Crippen LogP contribution in [0.2, 0.25) is 0 Å². The summed E-state index contributed by atoms with van der Waals surface area (Å²) >= 11 is 1.57. The predicted molar refractivity (Wildman–Crippen MR) is 142 cm³/mol. The maximum Gasteiger partial charge on any atom is 0.268 e. The van der Waals surface area contributed by atoms with Crippen molar-refractivity contribution in [1.29, 1.82) is 0 Å². The largest absolute Gasteiger partial charge is 0.479 e. The van der Waals surface area contributed by atoms with Gasteiger partial charge in [0.15, 0.2) is 6.10 Å². The molecule has 0 fully saturated rings. The van der Waals surface area contributed by atoms with E-state index in [4.69, 9.17) is 9.72 Å². The number of benzene rings is 2. The predicted octanol–water partition coefficient (Wildman–Crippen LogP) is 5.63. The van der Waals surface area contributed by atoms with Crippen LogP contribution in [0.5, 0.6) is 5.75 Å². The Morgan fingerprint density at radius 1 is 1.11 bits per heavy atom. The molecule has 0 saturated heterocycles. The van der Waals surface area contributed by atoms with E-state index in [1.54, 1.807) is 31.4 Å². The number of aromatic nitrogens is 2. The molecule has 3 heterocycles. The van der Waals surface area contributed by atoms with E-state index in [-0.39, 0.29) is 11.8 Å². The maximum absolute atomic E-state index is 13.2. The number of anilines is 2. The number of fused-ring (bicyclic) bond motifs is 1. The number of pyridine rings is 1. The Hall–Kier alpha value is -4.04. The molecule has 36 heavy (non-hydrogen) atoms. The highest BCUT2D eigenvalue weighted by Gasteiger charge is 2.37. The summed E-state index contributed by atoms with van der Waals surface area (Å²) in [6, 6.07) is 18.2. The quantitative estimate of drug-likeness (QED) is 0.386. The van der Waals surface area contributed by atoms with E-state index in [0.717, 1.165) is 32.4 Å². The molecule has 1 aliphatic rings. The number of carbonyl (C=O) groups excluding carboxylic acids is 2. The second-order valence-electron chi connectivity index (χ2n) is 8.82. The molecule has 7 nitrogen and oxygen atoms in total. The zero-order valence-electron chi connectivity index (χ0n) is 20.5. The SMILES string of the molecule is Cc1ccc(NC(=O)C(C)N2C(=O)C(C)Oc3ccc(-c4nc(-c5ccccn5)sc4C)cc32)cc1. The van der Waals surface area contributed by atoms with Crippen LogP contribution in [0.3, 0.4) is 0 Å². The highest BCUT2D eigenvalue weighted by atomic mass is 32.1. The average Bonchev–Trinajstić information content (AvgIpc) is 3.27. The molecule has 4 aromatic rings. The molecule has 5 rings (SSSR count). The maximum atomic E-state index is 13.2. The molecule has 0 radical (unpaired) electrons. The van der Waals surface area contributed by atoms with Crippen LogP contribution in [0.25, 0.3) is 22.0 Å². The minimum atomic E-state index is -0.750. The first-order valence-electron chi connectivity index (χ1n) is 11.7. The molecule has 2 amide bonds. The summed E-state index contributed by atoms with van der Waals surface area (Å²) < 4.78 is 5.88. The Labute approximate surface area is 213 Å². The number of aryl methyl sites for hydroxylation is 2. The van der Waals surface area contributed by atoms with Crippen molar-refractivity contribution in [3.8, 4) is 27.7 Å². The molecule has 2 unspecified atom stereocenters. The standard InChI is InChI=1S/C28H26N4O3S/c1-16-8-11-21(12-9-16)30-26(33)17(2)32-23-15-20(10-13-24(23)35-18(3)28(32)34)25-19(4)36-27(31-25)22-7-5-6-14-29-22/h5-15,17-18H,1-4H3,(H,30,33). The summed E-state index contributed by atoms with van der Waals surface area (Å²) in [5.74, 6) is 0.00832. The van der Waals surface area contributed by atoms with Crippen molar-refractivity contribution in [3.05, 3.63) is 77.3 Å². The third-order valence-electron chi connectivity index (χ3n) is 6.15. The number of hydrogen-bond acceptors (Lipinski definition) is 6. The van der Waals surface area contributed by atoms with Gasteiger partial charge >= 0.3 is 0 Å².